The molecule has 2 saturated carbocycles. The van der Waals surface area contributed by atoms with Crippen LogP contribution in [0.1, 0.15) is 49.9 Å². The summed E-state index contributed by atoms with van der Waals surface area (Å²) in [4.78, 5) is 26.7. The first-order valence-electron chi connectivity index (χ1n) is 11.1. The van der Waals surface area contributed by atoms with Crippen molar-refractivity contribution in [2.75, 3.05) is 26.3 Å². The van der Waals surface area contributed by atoms with E-state index in [0.29, 0.717) is 48.8 Å². The van der Waals surface area contributed by atoms with Gasteiger partial charge in [-0.1, -0.05) is 0 Å². The molecular weight excluding hydrogens is 384 g/mol. The number of fused-ring (bicyclic) bond motifs is 1. The number of ether oxygens (including phenoxy) is 2. The van der Waals surface area contributed by atoms with E-state index >= 15 is 0 Å². The highest BCUT2D eigenvalue weighted by Crippen LogP contribution is 2.39. The van der Waals surface area contributed by atoms with Gasteiger partial charge in [-0.15, -0.1) is 0 Å². The quantitative estimate of drug-likeness (QED) is 0.713. The molecular formula is C23H32N2O5. The normalized spacial score (nSPS) is 28.1. The number of phenolic OH excluding ortho intramolecular Hbond substituents is 1. The van der Waals surface area contributed by atoms with E-state index in [9.17, 15) is 14.7 Å². The lowest BCUT2D eigenvalue weighted by atomic mass is 9.77. The number of nitrogens with zero attached hydrogens (tertiary/aromatic N) is 1. The van der Waals surface area contributed by atoms with Gasteiger partial charge in [-0.25, -0.2) is 0 Å². The second-order valence-electron chi connectivity index (χ2n) is 8.97. The van der Waals surface area contributed by atoms with E-state index in [1.54, 1.807) is 13.0 Å². The van der Waals surface area contributed by atoms with Crippen molar-refractivity contribution in [2.24, 2.45) is 17.8 Å². The summed E-state index contributed by atoms with van der Waals surface area (Å²) in [5.74, 6) is 1.78. The Bertz CT molecular complexity index is 794. The van der Waals surface area contributed by atoms with Crippen molar-refractivity contribution in [1.29, 1.82) is 0 Å². The fraction of sp³-hybridized carbons (Fsp3) is 0.652. The van der Waals surface area contributed by atoms with Crippen LogP contribution in [0.3, 0.4) is 0 Å². The number of benzene rings is 1. The average Bonchev–Trinajstić information content (AvgIpc) is 3.43. The molecule has 1 aromatic rings. The van der Waals surface area contributed by atoms with Crippen LogP contribution in [-0.4, -0.2) is 60.3 Å². The van der Waals surface area contributed by atoms with E-state index in [0.717, 1.165) is 19.4 Å². The molecule has 0 spiro atoms. The Morgan fingerprint density at radius 2 is 1.90 bits per heavy atom. The third-order valence-corrected chi connectivity index (χ3v) is 6.49. The van der Waals surface area contributed by atoms with E-state index in [1.807, 2.05) is 11.8 Å². The predicted molar refractivity (Wildman–Crippen MR) is 111 cm³/mol. The van der Waals surface area contributed by atoms with Crippen LogP contribution in [0.15, 0.2) is 18.2 Å². The molecule has 0 radical (unpaired) electrons. The van der Waals surface area contributed by atoms with Gasteiger partial charge >= 0.3 is 0 Å². The SMILES string of the molecule is CCOc1cc(O)cc(C(=O)N2C[C@H]3C[C@@H](NC(C)=O)[C@H](OCC4CC4)C[C@H]3C2)c1. The van der Waals surface area contributed by atoms with Gasteiger partial charge in [0.05, 0.1) is 18.8 Å². The maximum absolute atomic E-state index is 13.1. The van der Waals surface area contributed by atoms with E-state index < -0.39 is 0 Å². The molecule has 4 atom stereocenters. The highest BCUT2D eigenvalue weighted by Gasteiger charge is 2.44. The number of carbonyl (C=O) groups is 2. The molecule has 3 fully saturated rings. The summed E-state index contributed by atoms with van der Waals surface area (Å²) in [5.41, 5.74) is 0.442. The van der Waals surface area contributed by atoms with Gasteiger partial charge in [-0.3, -0.25) is 9.59 Å². The summed E-state index contributed by atoms with van der Waals surface area (Å²) in [6, 6.07) is 4.70. The molecule has 0 unspecified atom stereocenters. The molecule has 7 nitrogen and oxygen atoms in total. The zero-order valence-corrected chi connectivity index (χ0v) is 17.8. The first-order chi connectivity index (χ1) is 14.4. The van der Waals surface area contributed by atoms with Gasteiger partial charge in [0.2, 0.25) is 5.91 Å². The van der Waals surface area contributed by atoms with Crippen molar-refractivity contribution in [1.82, 2.24) is 10.2 Å². The largest absolute Gasteiger partial charge is 0.508 e. The topological polar surface area (TPSA) is 88.1 Å². The van der Waals surface area contributed by atoms with Gasteiger partial charge in [0.1, 0.15) is 11.5 Å². The fourth-order valence-corrected chi connectivity index (χ4v) is 4.86. The number of rotatable bonds is 7. The molecule has 30 heavy (non-hydrogen) atoms. The summed E-state index contributed by atoms with van der Waals surface area (Å²) in [5, 5.41) is 13.0. The lowest BCUT2D eigenvalue weighted by Gasteiger charge is -2.38. The zero-order chi connectivity index (χ0) is 21.3. The van der Waals surface area contributed by atoms with Crippen molar-refractivity contribution in [3.05, 3.63) is 23.8 Å². The monoisotopic (exact) mass is 416 g/mol. The molecule has 2 amide bonds. The lowest BCUT2D eigenvalue weighted by molar-refractivity contribution is -0.122. The van der Waals surface area contributed by atoms with E-state index in [1.165, 1.54) is 25.0 Å². The molecule has 1 heterocycles. The Balaban J connectivity index is 1.44. The van der Waals surface area contributed by atoms with Gasteiger partial charge in [-0.05, 0) is 62.5 Å². The first kappa shape index (κ1) is 21.0. The van der Waals surface area contributed by atoms with Crippen LogP contribution >= 0.6 is 0 Å². The minimum atomic E-state index is -0.0900. The third-order valence-electron chi connectivity index (χ3n) is 6.49. The van der Waals surface area contributed by atoms with Crippen LogP contribution < -0.4 is 10.1 Å². The van der Waals surface area contributed by atoms with Crippen LogP contribution in [0.25, 0.3) is 0 Å². The Morgan fingerprint density at radius 1 is 1.17 bits per heavy atom. The van der Waals surface area contributed by atoms with E-state index in [-0.39, 0.29) is 29.7 Å². The Labute approximate surface area is 177 Å². The van der Waals surface area contributed by atoms with Crippen molar-refractivity contribution < 1.29 is 24.2 Å². The summed E-state index contributed by atoms with van der Waals surface area (Å²) >= 11 is 0. The molecule has 1 aliphatic heterocycles. The second kappa shape index (κ2) is 8.84. The summed E-state index contributed by atoms with van der Waals surface area (Å²) in [6.07, 6.45) is 4.17. The number of hydrogen-bond acceptors (Lipinski definition) is 5. The summed E-state index contributed by atoms with van der Waals surface area (Å²) in [7, 11) is 0. The summed E-state index contributed by atoms with van der Waals surface area (Å²) in [6.45, 7) is 5.99. The maximum atomic E-state index is 13.1. The fourth-order valence-electron chi connectivity index (χ4n) is 4.86. The number of nitrogens with one attached hydrogen (secondary N) is 1. The smallest absolute Gasteiger partial charge is 0.254 e. The number of hydrogen-bond donors (Lipinski definition) is 2. The maximum Gasteiger partial charge on any atom is 0.254 e. The van der Waals surface area contributed by atoms with Gasteiger partial charge in [0.15, 0.2) is 0 Å². The van der Waals surface area contributed by atoms with Crippen LogP contribution in [0.2, 0.25) is 0 Å². The molecule has 0 bridgehead atoms. The van der Waals surface area contributed by atoms with Gasteiger partial charge < -0.3 is 24.8 Å². The molecule has 3 aliphatic rings. The summed E-state index contributed by atoms with van der Waals surface area (Å²) < 4.78 is 11.7. The number of aromatic hydroxyl groups is 1. The molecule has 1 saturated heterocycles. The van der Waals surface area contributed by atoms with Crippen molar-refractivity contribution >= 4 is 11.8 Å². The van der Waals surface area contributed by atoms with Crippen LogP contribution in [-0.2, 0) is 9.53 Å². The third kappa shape index (κ3) is 4.89. The first-order valence-corrected chi connectivity index (χ1v) is 11.1. The van der Waals surface area contributed by atoms with Gasteiger partial charge in [0.25, 0.3) is 5.91 Å². The van der Waals surface area contributed by atoms with E-state index in [4.69, 9.17) is 9.47 Å². The highest BCUT2D eigenvalue weighted by atomic mass is 16.5. The van der Waals surface area contributed by atoms with Gasteiger partial charge in [-0.2, -0.15) is 0 Å². The van der Waals surface area contributed by atoms with Crippen molar-refractivity contribution in [3.8, 4) is 11.5 Å². The van der Waals surface area contributed by atoms with E-state index in [2.05, 4.69) is 5.32 Å². The molecule has 2 aliphatic carbocycles. The van der Waals surface area contributed by atoms with Crippen LogP contribution in [0.5, 0.6) is 11.5 Å². The average molecular weight is 417 g/mol. The molecule has 1 aromatic carbocycles. The second-order valence-corrected chi connectivity index (χ2v) is 8.97. The number of carbonyl (C=O) groups excluding carboxylic acids is 2. The number of likely N-dealkylation sites (tertiary alicyclic amines) is 1. The molecule has 164 valence electrons. The van der Waals surface area contributed by atoms with Crippen molar-refractivity contribution in [3.63, 3.8) is 0 Å². The highest BCUT2D eigenvalue weighted by molar-refractivity contribution is 5.95. The molecule has 7 heteroatoms. The minimum Gasteiger partial charge on any atom is -0.508 e. The standard InChI is InChI=1S/C23H32N2O5/c1-3-29-20-7-16(6-19(27)10-20)23(28)25-11-17-8-21(24-14(2)26)22(9-18(17)12-25)30-13-15-4-5-15/h6-7,10,15,17-18,21-22,27H,3-5,8-9,11-13H2,1-2H3,(H,24,26)/t17-,18+,21-,22-/m1/s1. The number of phenols is 1. The Kier molecular flexibility index (Phi) is 6.18. The van der Waals surface area contributed by atoms with Crippen molar-refractivity contribution in [2.45, 2.75) is 51.7 Å². The predicted octanol–water partition coefficient (Wildman–Crippen LogP) is 2.57. The Morgan fingerprint density at radius 3 is 2.57 bits per heavy atom. The van der Waals surface area contributed by atoms with Crippen LogP contribution in [0, 0.1) is 17.8 Å². The van der Waals surface area contributed by atoms with Gasteiger partial charge in [0, 0.05) is 38.2 Å². The Hall–Kier alpha value is -2.28. The molecule has 0 aromatic heterocycles. The molecule has 2 N–H and O–H groups in total. The zero-order valence-electron chi connectivity index (χ0n) is 17.8. The lowest BCUT2D eigenvalue weighted by Crippen LogP contribution is -2.50. The number of amides is 2. The molecule has 4 rings (SSSR count). The van der Waals surface area contributed by atoms with Crippen LogP contribution in [0.4, 0.5) is 0 Å². The minimum absolute atomic E-state index is 0.00267.